The molecule has 0 saturated heterocycles. The van der Waals surface area contributed by atoms with E-state index < -0.39 is 0 Å². The Morgan fingerprint density at radius 2 is 1.68 bits per heavy atom. The third kappa shape index (κ3) is 3.01. The first-order valence-electron chi connectivity index (χ1n) is 7.70. The van der Waals surface area contributed by atoms with E-state index in [1.165, 1.54) is 0 Å². The first-order valence-corrected chi connectivity index (χ1v) is 7.70. The number of hydrogen-bond acceptors (Lipinski definition) is 5. The SMILES string of the molecule is N#Cc1ccccc1Oc1cccc(-c2ncc3ccccc3n2)n1. The zero-order valence-electron chi connectivity index (χ0n) is 13.1. The monoisotopic (exact) mass is 324 g/mol. The number of ether oxygens (including phenoxy) is 1. The Kier molecular flexibility index (Phi) is 3.77. The highest BCUT2D eigenvalue weighted by Crippen LogP contribution is 2.25. The summed E-state index contributed by atoms with van der Waals surface area (Å²) in [6, 6.07) is 22.3. The fraction of sp³-hybridized carbons (Fsp3) is 0. The summed E-state index contributed by atoms with van der Waals surface area (Å²) in [5.41, 5.74) is 1.92. The molecule has 0 amide bonds. The summed E-state index contributed by atoms with van der Waals surface area (Å²) in [5.74, 6) is 1.38. The first-order chi connectivity index (χ1) is 12.3. The fourth-order valence-electron chi connectivity index (χ4n) is 2.45. The average Bonchev–Trinajstić information content (AvgIpc) is 2.68. The van der Waals surface area contributed by atoms with Crippen LogP contribution in [0.15, 0.2) is 72.9 Å². The van der Waals surface area contributed by atoms with E-state index >= 15 is 0 Å². The van der Waals surface area contributed by atoms with Crippen molar-refractivity contribution in [2.45, 2.75) is 0 Å². The number of para-hydroxylation sites is 2. The summed E-state index contributed by atoms with van der Waals surface area (Å²) in [6.07, 6.45) is 1.78. The molecular formula is C20H12N4O. The first kappa shape index (κ1) is 14.8. The highest BCUT2D eigenvalue weighted by Gasteiger charge is 2.08. The molecule has 25 heavy (non-hydrogen) atoms. The minimum Gasteiger partial charge on any atom is -0.438 e. The molecule has 0 fully saturated rings. The Morgan fingerprint density at radius 1 is 0.840 bits per heavy atom. The van der Waals surface area contributed by atoms with E-state index in [1.54, 1.807) is 30.5 Å². The number of pyridine rings is 1. The molecule has 4 aromatic rings. The summed E-state index contributed by atoms with van der Waals surface area (Å²) in [6.45, 7) is 0. The van der Waals surface area contributed by atoms with E-state index in [2.05, 4.69) is 21.0 Å². The quantitative estimate of drug-likeness (QED) is 0.560. The van der Waals surface area contributed by atoms with Crippen LogP contribution in [-0.4, -0.2) is 15.0 Å². The molecule has 0 saturated carbocycles. The summed E-state index contributed by atoms with van der Waals surface area (Å²) < 4.78 is 5.76. The molecule has 0 spiro atoms. The van der Waals surface area contributed by atoms with Gasteiger partial charge in [-0.25, -0.2) is 15.0 Å². The second-order valence-corrected chi connectivity index (χ2v) is 5.32. The summed E-state index contributed by atoms with van der Waals surface area (Å²) in [7, 11) is 0. The van der Waals surface area contributed by atoms with Crippen LogP contribution in [0.3, 0.4) is 0 Å². The van der Waals surface area contributed by atoms with Crippen LogP contribution in [0.2, 0.25) is 0 Å². The highest BCUT2D eigenvalue weighted by atomic mass is 16.5. The smallest absolute Gasteiger partial charge is 0.219 e. The van der Waals surface area contributed by atoms with Gasteiger partial charge in [-0.2, -0.15) is 5.26 Å². The lowest BCUT2D eigenvalue weighted by Gasteiger charge is -2.07. The second kappa shape index (κ2) is 6.38. The van der Waals surface area contributed by atoms with Crippen LogP contribution >= 0.6 is 0 Å². The van der Waals surface area contributed by atoms with Gasteiger partial charge < -0.3 is 4.74 Å². The number of hydrogen-bond donors (Lipinski definition) is 0. The van der Waals surface area contributed by atoms with Gasteiger partial charge in [-0.3, -0.25) is 0 Å². The molecule has 2 aromatic carbocycles. The van der Waals surface area contributed by atoms with Crippen molar-refractivity contribution in [2.75, 3.05) is 0 Å². The summed E-state index contributed by atoms with van der Waals surface area (Å²) in [5, 5.41) is 10.1. The zero-order chi connectivity index (χ0) is 17.1. The van der Waals surface area contributed by atoms with Crippen molar-refractivity contribution in [1.82, 2.24) is 15.0 Å². The van der Waals surface area contributed by atoms with Gasteiger partial charge in [0.1, 0.15) is 17.5 Å². The molecule has 4 rings (SSSR count). The molecule has 5 nitrogen and oxygen atoms in total. The number of rotatable bonds is 3. The third-order valence-corrected chi connectivity index (χ3v) is 3.66. The maximum atomic E-state index is 9.16. The second-order valence-electron chi connectivity index (χ2n) is 5.32. The van der Waals surface area contributed by atoms with Crippen molar-refractivity contribution in [2.24, 2.45) is 0 Å². The van der Waals surface area contributed by atoms with Gasteiger partial charge in [0.25, 0.3) is 0 Å². The minimum absolute atomic E-state index is 0.386. The Hall–Kier alpha value is -3.78. The van der Waals surface area contributed by atoms with Gasteiger partial charge in [-0.1, -0.05) is 36.4 Å². The lowest BCUT2D eigenvalue weighted by Crippen LogP contribution is -1.95. The molecule has 2 heterocycles. The van der Waals surface area contributed by atoms with Crippen molar-refractivity contribution >= 4 is 10.9 Å². The van der Waals surface area contributed by atoms with Crippen molar-refractivity contribution in [1.29, 1.82) is 5.26 Å². The number of nitrogens with zero attached hydrogens (tertiary/aromatic N) is 4. The van der Waals surface area contributed by atoms with E-state index in [9.17, 15) is 0 Å². The molecule has 5 heteroatoms. The Morgan fingerprint density at radius 3 is 2.60 bits per heavy atom. The summed E-state index contributed by atoms with van der Waals surface area (Å²) in [4.78, 5) is 13.4. The van der Waals surface area contributed by atoms with Gasteiger partial charge in [0.15, 0.2) is 5.82 Å². The lowest BCUT2D eigenvalue weighted by molar-refractivity contribution is 0.462. The van der Waals surface area contributed by atoms with Crippen LogP contribution in [0.5, 0.6) is 11.6 Å². The topological polar surface area (TPSA) is 71.7 Å². The lowest BCUT2D eigenvalue weighted by atomic mass is 10.2. The molecule has 0 unspecified atom stereocenters. The van der Waals surface area contributed by atoms with Crippen LogP contribution < -0.4 is 4.74 Å². The third-order valence-electron chi connectivity index (χ3n) is 3.66. The predicted molar refractivity (Wildman–Crippen MR) is 94.0 cm³/mol. The van der Waals surface area contributed by atoms with E-state index in [4.69, 9.17) is 10.00 Å². The van der Waals surface area contributed by atoms with Crippen LogP contribution in [-0.2, 0) is 0 Å². The largest absolute Gasteiger partial charge is 0.438 e. The predicted octanol–water partition coefficient (Wildman–Crippen LogP) is 4.36. The van der Waals surface area contributed by atoms with E-state index in [-0.39, 0.29) is 0 Å². The van der Waals surface area contributed by atoms with Crippen molar-refractivity contribution in [3.05, 3.63) is 78.5 Å². The molecule has 0 atom stereocenters. The van der Waals surface area contributed by atoms with Crippen LogP contribution in [0, 0.1) is 11.3 Å². The normalized spacial score (nSPS) is 10.4. The fourth-order valence-corrected chi connectivity index (χ4v) is 2.45. The van der Waals surface area contributed by atoms with Crippen LogP contribution in [0.25, 0.3) is 22.4 Å². The maximum Gasteiger partial charge on any atom is 0.219 e. The van der Waals surface area contributed by atoms with Gasteiger partial charge in [0.05, 0.1) is 11.1 Å². The molecule has 0 aliphatic rings. The standard InChI is InChI=1S/C20H12N4O/c21-12-14-6-2-4-10-18(14)25-19-11-5-9-17(23-19)20-22-13-15-7-1-3-8-16(15)24-20/h1-11,13H. The van der Waals surface area contributed by atoms with Crippen molar-refractivity contribution in [3.8, 4) is 29.2 Å². The van der Waals surface area contributed by atoms with Gasteiger partial charge in [0, 0.05) is 17.6 Å². The van der Waals surface area contributed by atoms with E-state index in [0.29, 0.717) is 28.7 Å². The van der Waals surface area contributed by atoms with Crippen LogP contribution in [0.1, 0.15) is 5.56 Å². The summed E-state index contributed by atoms with van der Waals surface area (Å²) >= 11 is 0. The van der Waals surface area contributed by atoms with Gasteiger partial charge >= 0.3 is 0 Å². The Labute approximate surface area is 144 Å². The Balaban J connectivity index is 1.70. The maximum absolute atomic E-state index is 9.16. The van der Waals surface area contributed by atoms with Crippen molar-refractivity contribution in [3.63, 3.8) is 0 Å². The Bertz CT molecular complexity index is 1100. The average molecular weight is 324 g/mol. The number of benzene rings is 2. The van der Waals surface area contributed by atoms with Crippen molar-refractivity contribution < 1.29 is 4.74 Å². The molecule has 0 aliphatic carbocycles. The molecule has 0 aliphatic heterocycles. The zero-order valence-corrected chi connectivity index (χ0v) is 13.1. The molecule has 0 radical (unpaired) electrons. The number of fused-ring (bicyclic) bond motifs is 1. The minimum atomic E-state index is 0.386. The van der Waals surface area contributed by atoms with E-state index in [1.807, 2.05) is 42.5 Å². The van der Waals surface area contributed by atoms with Gasteiger partial charge in [0.2, 0.25) is 5.88 Å². The molecule has 0 bridgehead atoms. The molecule has 2 aromatic heterocycles. The molecular weight excluding hydrogens is 312 g/mol. The van der Waals surface area contributed by atoms with Crippen LogP contribution in [0.4, 0.5) is 0 Å². The molecule has 118 valence electrons. The number of aromatic nitrogens is 3. The highest BCUT2D eigenvalue weighted by molar-refractivity contribution is 5.79. The number of nitriles is 1. The van der Waals surface area contributed by atoms with Gasteiger partial charge in [-0.05, 0) is 24.3 Å². The molecule has 0 N–H and O–H groups in total. The van der Waals surface area contributed by atoms with Gasteiger partial charge in [-0.15, -0.1) is 0 Å². The van der Waals surface area contributed by atoms with E-state index in [0.717, 1.165) is 10.9 Å².